The molecule has 0 bridgehead atoms. The van der Waals surface area contributed by atoms with E-state index >= 15 is 0 Å². The number of ether oxygens (including phenoxy) is 2. The highest BCUT2D eigenvalue weighted by Gasteiger charge is 2.43. The summed E-state index contributed by atoms with van der Waals surface area (Å²) in [6, 6.07) is 10.6. The van der Waals surface area contributed by atoms with Crippen LogP contribution in [0.1, 0.15) is 46.2 Å². The van der Waals surface area contributed by atoms with Crippen molar-refractivity contribution in [2.75, 3.05) is 19.8 Å². The summed E-state index contributed by atoms with van der Waals surface area (Å²) in [5.74, 6) is 1.62. The molecule has 0 fully saturated rings. The van der Waals surface area contributed by atoms with Gasteiger partial charge in [-0.3, -0.25) is 4.79 Å². The Kier molecular flexibility index (Phi) is 4.97. The second-order valence-electron chi connectivity index (χ2n) is 8.68. The van der Waals surface area contributed by atoms with E-state index in [0.29, 0.717) is 25.3 Å². The van der Waals surface area contributed by atoms with Crippen LogP contribution in [0.2, 0.25) is 0 Å². The van der Waals surface area contributed by atoms with Gasteiger partial charge in [-0.15, -0.1) is 0 Å². The SMILES string of the molecule is CCOCCNC(=O)c1cc2c(nc(C)n2C)c2c1CCC1(Cc3ccccc3C1)O2. The van der Waals surface area contributed by atoms with E-state index in [9.17, 15) is 4.79 Å². The van der Waals surface area contributed by atoms with Gasteiger partial charge in [-0.25, -0.2) is 4.98 Å². The third-order valence-electron chi connectivity index (χ3n) is 6.73. The van der Waals surface area contributed by atoms with Gasteiger partial charge in [0, 0.05) is 44.2 Å². The van der Waals surface area contributed by atoms with Crippen LogP contribution in [0.15, 0.2) is 30.3 Å². The number of rotatable bonds is 5. The predicted molar refractivity (Wildman–Crippen MR) is 120 cm³/mol. The fraction of sp³-hybridized carbons (Fsp3) is 0.440. The van der Waals surface area contributed by atoms with Crippen molar-refractivity contribution in [3.05, 3.63) is 58.4 Å². The number of aryl methyl sites for hydroxylation is 2. The average Bonchev–Trinajstić information content (AvgIpc) is 3.27. The average molecular weight is 420 g/mol. The zero-order valence-electron chi connectivity index (χ0n) is 18.5. The molecule has 1 aromatic heterocycles. The zero-order chi connectivity index (χ0) is 21.6. The Bertz CT molecular complexity index is 1140. The molecule has 0 atom stereocenters. The Morgan fingerprint density at radius 3 is 2.74 bits per heavy atom. The van der Waals surface area contributed by atoms with Crippen LogP contribution in [0.4, 0.5) is 0 Å². The van der Waals surface area contributed by atoms with Gasteiger partial charge in [-0.05, 0) is 43.9 Å². The van der Waals surface area contributed by atoms with Crippen LogP contribution in [0.5, 0.6) is 5.75 Å². The third-order valence-corrected chi connectivity index (χ3v) is 6.73. The highest BCUT2D eigenvalue weighted by molar-refractivity contribution is 6.01. The molecule has 6 heteroatoms. The zero-order valence-corrected chi connectivity index (χ0v) is 18.5. The second kappa shape index (κ2) is 7.68. The van der Waals surface area contributed by atoms with Crippen molar-refractivity contribution in [1.29, 1.82) is 0 Å². The molecule has 31 heavy (non-hydrogen) atoms. The standard InChI is InChI=1S/C25H29N3O3/c1-4-30-12-11-26-24(29)20-13-21-22(27-16(2)28(21)3)23-19(20)9-10-25(31-23)14-17-7-5-6-8-18(17)15-25/h5-8,13H,4,9-12,14-15H2,1-3H3,(H,26,29). The van der Waals surface area contributed by atoms with Gasteiger partial charge in [0.2, 0.25) is 0 Å². The van der Waals surface area contributed by atoms with Crippen LogP contribution >= 0.6 is 0 Å². The summed E-state index contributed by atoms with van der Waals surface area (Å²) in [7, 11) is 1.98. The van der Waals surface area contributed by atoms with Gasteiger partial charge < -0.3 is 19.4 Å². The lowest BCUT2D eigenvalue weighted by atomic mass is 9.86. The van der Waals surface area contributed by atoms with Crippen LogP contribution in [0.3, 0.4) is 0 Å². The Balaban J connectivity index is 1.54. The first-order valence-electron chi connectivity index (χ1n) is 11.1. The second-order valence-corrected chi connectivity index (χ2v) is 8.68. The van der Waals surface area contributed by atoms with Crippen molar-refractivity contribution in [2.45, 2.75) is 45.1 Å². The van der Waals surface area contributed by atoms with Crippen molar-refractivity contribution >= 4 is 16.9 Å². The first kappa shape index (κ1) is 20.1. The van der Waals surface area contributed by atoms with E-state index in [-0.39, 0.29) is 11.5 Å². The largest absolute Gasteiger partial charge is 0.484 e. The van der Waals surface area contributed by atoms with Crippen LogP contribution in [0, 0.1) is 6.92 Å². The number of fused-ring (bicyclic) bond motifs is 4. The van der Waals surface area contributed by atoms with E-state index in [1.807, 2.05) is 31.5 Å². The van der Waals surface area contributed by atoms with Crippen molar-refractivity contribution in [1.82, 2.24) is 14.9 Å². The monoisotopic (exact) mass is 419 g/mol. The molecule has 1 aliphatic carbocycles. The fourth-order valence-electron chi connectivity index (χ4n) is 5.01. The van der Waals surface area contributed by atoms with Gasteiger partial charge in [-0.2, -0.15) is 0 Å². The van der Waals surface area contributed by atoms with Gasteiger partial charge in [0.25, 0.3) is 5.91 Å². The van der Waals surface area contributed by atoms with Gasteiger partial charge in [0.05, 0.1) is 12.1 Å². The van der Waals surface area contributed by atoms with E-state index in [4.69, 9.17) is 14.5 Å². The van der Waals surface area contributed by atoms with E-state index < -0.39 is 0 Å². The van der Waals surface area contributed by atoms with Crippen LogP contribution in [0.25, 0.3) is 11.0 Å². The highest BCUT2D eigenvalue weighted by atomic mass is 16.5. The molecule has 2 aliphatic rings. The summed E-state index contributed by atoms with van der Waals surface area (Å²) >= 11 is 0. The molecule has 0 unspecified atom stereocenters. The molecule has 1 amide bonds. The molecule has 5 rings (SSSR count). The lowest BCUT2D eigenvalue weighted by Gasteiger charge is -2.36. The molecule has 2 heterocycles. The normalized spacial score (nSPS) is 16.2. The van der Waals surface area contributed by atoms with Crippen molar-refractivity contribution < 1.29 is 14.3 Å². The third kappa shape index (κ3) is 3.39. The molecule has 1 aliphatic heterocycles. The van der Waals surface area contributed by atoms with E-state index in [1.165, 1.54) is 11.1 Å². The van der Waals surface area contributed by atoms with Crippen LogP contribution in [-0.2, 0) is 31.0 Å². The molecule has 3 aromatic rings. The maximum Gasteiger partial charge on any atom is 0.251 e. The predicted octanol–water partition coefficient (Wildman–Crippen LogP) is 3.51. The Morgan fingerprint density at radius 1 is 1.29 bits per heavy atom. The van der Waals surface area contributed by atoms with Gasteiger partial charge in [-0.1, -0.05) is 24.3 Å². The maximum absolute atomic E-state index is 13.1. The quantitative estimate of drug-likeness (QED) is 0.643. The Hall–Kier alpha value is -2.86. The smallest absolute Gasteiger partial charge is 0.251 e. The summed E-state index contributed by atoms with van der Waals surface area (Å²) in [6.45, 7) is 5.58. The van der Waals surface area contributed by atoms with E-state index in [1.54, 1.807) is 0 Å². The number of nitrogens with one attached hydrogen (secondary N) is 1. The van der Waals surface area contributed by atoms with Gasteiger partial charge in [0.1, 0.15) is 16.9 Å². The molecule has 0 saturated carbocycles. The summed E-state index contributed by atoms with van der Waals surface area (Å²) in [6.07, 6.45) is 3.51. The topological polar surface area (TPSA) is 65.4 Å². The molecular weight excluding hydrogens is 390 g/mol. The molecule has 2 aromatic carbocycles. The number of carbonyl (C=O) groups is 1. The van der Waals surface area contributed by atoms with Crippen molar-refractivity contribution in [2.24, 2.45) is 7.05 Å². The molecule has 0 radical (unpaired) electrons. The summed E-state index contributed by atoms with van der Waals surface area (Å²) < 4.78 is 14.2. The molecule has 6 nitrogen and oxygen atoms in total. The minimum atomic E-state index is -0.251. The van der Waals surface area contributed by atoms with Crippen molar-refractivity contribution in [3.8, 4) is 5.75 Å². The minimum absolute atomic E-state index is 0.0778. The molecular formula is C25H29N3O3. The first-order valence-corrected chi connectivity index (χ1v) is 11.1. The van der Waals surface area contributed by atoms with Crippen molar-refractivity contribution in [3.63, 3.8) is 0 Å². The Labute approximate surface area is 182 Å². The fourth-order valence-corrected chi connectivity index (χ4v) is 5.01. The van der Waals surface area contributed by atoms with Crippen LogP contribution in [-0.4, -0.2) is 40.8 Å². The first-order chi connectivity index (χ1) is 15.0. The van der Waals surface area contributed by atoms with Gasteiger partial charge in [0.15, 0.2) is 5.75 Å². The number of carbonyl (C=O) groups excluding carboxylic acids is 1. The maximum atomic E-state index is 13.1. The van der Waals surface area contributed by atoms with E-state index in [2.05, 4.69) is 29.6 Å². The lowest BCUT2D eigenvalue weighted by Crippen LogP contribution is -2.41. The molecule has 1 N–H and O–H groups in total. The number of hydrogen-bond acceptors (Lipinski definition) is 4. The number of imidazole rings is 1. The Morgan fingerprint density at radius 2 is 2.03 bits per heavy atom. The molecule has 0 saturated heterocycles. The molecule has 162 valence electrons. The number of aromatic nitrogens is 2. The summed E-state index contributed by atoms with van der Waals surface area (Å²) in [5.41, 5.74) is 5.93. The number of nitrogens with zero attached hydrogens (tertiary/aromatic N) is 2. The lowest BCUT2D eigenvalue weighted by molar-refractivity contribution is 0.0578. The number of hydrogen-bond donors (Lipinski definition) is 1. The van der Waals surface area contributed by atoms with Gasteiger partial charge >= 0.3 is 0 Å². The number of benzene rings is 2. The van der Waals surface area contributed by atoms with Crippen LogP contribution < -0.4 is 10.1 Å². The number of amides is 1. The minimum Gasteiger partial charge on any atom is -0.484 e. The summed E-state index contributed by atoms with van der Waals surface area (Å²) in [5, 5.41) is 3.00. The summed E-state index contributed by atoms with van der Waals surface area (Å²) in [4.78, 5) is 17.9. The molecule has 1 spiro atoms. The van der Waals surface area contributed by atoms with E-state index in [0.717, 1.165) is 53.9 Å². The highest BCUT2D eigenvalue weighted by Crippen LogP contribution is 2.45.